The average Bonchev–Trinajstić information content (AvgIpc) is 2.71. The number of rotatable bonds is 6. The van der Waals surface area contributed by atoms with Crippen molar-refractivity contribution in [1.82, 2.24) is 9.97 Å². The number of hydrogen-bond donors (Lipinski definition) is 1. The smallest absolute Gasteiger partial charge is 0.160 e. The van der Waals surface area contributed by atoms with Gasteiger partial charge in [0.15, 0.2) is 6.29 Å². The third-order valence-corrected chi connectivity index (χ3v) is 4.91. The highest BCUT2D eigenvalue weighted by Gasteiger charge is 2.14. The molecule has 0 amide bonds. The summed E-state index contributed by atoms with van der Waals surface area (Å²) in [5, 5.41) is 4.33. The topological polar surface area (TPSA) is 65.5 Å². The Hall–Kier alpha value is -1.93. The molecule has 0 bridgehead atoms. The SMILES string of the molecule is Brc1cc(OCCC2OCCCO2)ccc1Nc1ncnc2ccccc12.Cl. The van der Waals surface area contributed by atoms with Crippen molar-refractivity contribution in [3.63, 3.8) is 0 Å². The number of fused-ring (bicyclic) bond motifs is 1. The van der Waals surface area contributed by atoms with Gasteiger partial charge in [0, 0.05) is 16.3 Å². The Bertz CT molecular complexity index is 917. The molecule has 2 aromatic carbocycles. The molecule has 0 aliphatic carbocycles. The van der Waals surface area contributed by atoms with E-state index in [1.807, 2.05) is 42.5 Å². The highest BCUT2D eigenvalue weighted by molar-refractivity contribution is 9.10. The van der Waals surface area contributed by atoms with Crippen LogP contribution < -0.4 is 10.1 Å². The fourth-order valence-corrected chi connectivity index (χ4v) is 3.35. The van der Waals surface area contributed by atoms with Crippen molar-refractivity contribution in [1.29, 1.82) is 0 Å². The molecule has 0 radical (unpaired) electrons. The van der Waals surface area contributed by atoms with Gasteiger partial charge in [-0.2, -0.15) is 0 Å². The fraction of sp³-hybridized carbons (Fsp3) is 0.300. The maximum atomic E-state index is 5.82. The molecule has 0 spiro atoms. The van der Waals surface area contributed by atoms with Crippen LogP contribution in [-0.4, -0.2) is 36.1 Å². The van der Waals surface area contributed by atoms with Gasteiger partial charge in [0.05, 0.1) is 31.0 Å². The minimum atomic E-state index is -0.158. The highest BCUT2D eigenvalue weighted by Crippen LogP contribution is 2.31. The second kappa shape index (κ2) is 10.0. The summed E-state index contributed by atoms with van der Waals surface area (Å²) >= 11 is 3.60. The summed E-state index contributed by atoms with van der Waals surface area (Å²) in [6.07, 6.45) is 3.07. The summed E-state index contributed by atoms with van der Waals surface area (Å²) in [5.41, 5.74) is 1.81. The molecule has 4 rings (SSSR count). The normalized spacial score (nSPS) is 14.5. The van der Waals surface area contributed by atoms with E-state index in [0.717, 1.165) is 52.3 Å². The van der Waals surface area contributed by atoms with E-state index in [1.54, 1.807) is 6.33 Å². The number of para-hydroxylation sites is 1. The lowest BCUT2D eigenvalue weighted by molar-refractivity contribution is -0.183. The van der Waals surface area contributed by atoms with Gasteiger partial charge in [0.1, 0.15) is 17.9 Å². The quantitative estimate of drug-likeness (QED) is 0.546. The van der Waals surface area contributed by atoms with Crippen molar-refractivity contribution < 1.29 is 14.2 Å². The third-order valence-electron chi connectivity index (χ3n) is 4.25. The summed E-state index contributed by atoms with van der Waals surface area (Å²) in [4.78, 5) is 8.65. The van der Waals surface area contributed by atoms with Gasteiger partial charge in [-0.1, -0.05) is 12.1 Å². The van der Waals surface area contributed by atoms with Crippen LogP contribution in [0.25, 0.3) is 10.9 Å². The van der Waals surface area contributed by atoms with Gasteiger partial charge in [-0.05, 0) is 52.7 Å². The molecule has 3 aromatic rings. The van der Waals surface area contributed by atoms with E-state index in [0.29, 0.717) is 13.0 Å². The molecule has 1 aromatic heterocycles. The Morgan fingerprint density at radius 1 is 1.11 bits per heavy atom. The zero-order chi connectivity index (χ0) is 18.5. The van der Waals surface area contributed by atoms with E-state index in [1.165, 1.54) is 0 Å². The highest BCUT2D eigenvalue weighted by atomic mass is 79.9. The standard InChI is InChI=1S/C20H20BrN3O3.ClH/c21-16-12-14(25-11-8-19-26-9-3-10-27-19)6-7-18(16)24-20-15-4-1-2-5-17(15)22-13-23-20;/h1-2,4-7,12-13,19H,3,8-11H2,(H,22,23,24);1H. The molecule has 0 unspecified atom stereocenters. The molecule has 1 aliphatic rings. The van der Waals surface area contributed by atoms with Gasteiger partial charge < -0.3 is 19.5 Å². The van der Waals surface area contributed by atoms with Crippen LogP contribution in [0.4, 0.5) is 11.5 Å². The van der Waals surface area contributed by atoms with Gasteiger partial charge in [0.2, 0.25) is 0 Å². The van der Waals surface area contributed by atoms with Crippen molar-refractivity contribution in [2.75, 3.05) is 25.1 Å². The Labute approximate surface area is 178 Å². The molecular weight excluding hydrogens is 446 g/mol. The first-order valence-corrected chi connectivity index (χ1v) is 9.71. The van der Waals surface area contributed by atoms with Crippen molar-refractivity contribution in [2.24, 2.45) is 0 Å². The lowest BCUT2D eigenvalue weighted by atomic mass is 10.2. The summed E-state index contributed by atoms with van der Waals surface area (Å²) in [7, 11) is 0. The Morgan fingerprint density at radius 3 is 2.75 bits per heavy atom. The van der Waals surface area contributed by atoms with E-state index in [-0.39, 0.29) is 18.7 Å². The monoisotopic (exact) mass is 465 g/mol. The number of benzene rings is 2. The van der Waals surface area contributed by atoms with E-state index in [9.17, 15) is 0 Å². The summed E-state index contributed by atoms with van der Waals surface area (Å²) < 4.78 is 17.8. The first-order valence-electron chi connectivity index (χ1n) is 8.92. The predicted octanol–water partition coefficient (Wildman–Crippen LogP) is 5.09. The van der Waals surface area contributed by atoms with Crippen LogP contribution in [0.1, 0.15) is 12.8 Å². The summed E-state index contributed by atoms with van der Waals surface area (Å²) in [6, 6.07) is 13.7. The van der Waals surface area contributed by atoms with Gasteiger partial charge in [-0.15, -0.1) is 12.4 Å². The van der Waals surface area contributed by atoms with E-state index >= 15 is 0 Å². The molecule has 0 saturated carbocycles. The van der Waals surface area contributed by atoms with Crippen molar-refractivity contribution in [3.05, 3.63) is 53.3 Å². The second-order valence-corrected chi connectivity index (χ2v) is 7.02. The Balaban J connectivity index is 0.00000225. The number of halogens is 2. The van der Waals surface area contributed by atoms with Crippen LogP contribution in [-0.2, 0) is 9.47 Å². The first-order chi connectivity index (χ1) is 13.3. The zero-order valence-electron chi connectivity index (χ0n) is 15.1. The zero-order valence-corrected chi connectivity index (χ0v) is 17.5. The van der Waals surface area contributed by atoms with Gasteiger partial charge in [-0.3, -0.25) is 0 Å². The largest absolute Gasteiger partial charge is 0.493 e. The van der Waals surface area contributed by atoms with Gasteiger partial charge >= 0.3 is 0 Å². The molecule has 1 N–H and O–H groups in total. The number of nitrogens with zero attached hydrogens (tertiary/aromatic N) is 2. The van der Waals surface area contributed by atoms with Crippen molar-refractivity contribution in [2.45, 2.75) is 19.1 Å². The molecule has 1 fully saturated rings. The van der Waals surface area contributed by atoms with Crippen molar-refractivity contribution >= 4 is 50.7 Å². The average molecular weight is 467 g/mol. The fourth-order valence-electron chi connectivity index (χ4n) is 2.90. The summed E-state index contributed by atoms with van der Waals surface area (Å²) in [6.45, 7) is 2.06. The lowest BCUT2D eigenvalue weighted by Crippen LogP contribution is -2.26. The molecule has 1 aliphatic heterocycles. The van der Waals surface area contributed by atoms with Crippen LogP contribution in [0.15, 0.2) is 53.3 Å². The van der Waals surface area contributed by atoms with Crippen LogP contribution in [0.5, 0.6) is 5.75 Å². The summed E-state index contributed by atoms with van der Waals surface area (Å²) in [5.74, 6) is 1.55. The number of hydrogen-bond acceptors (Lipinski definition) is 6. The molecule has 6 nitrogen and oxygen atoms in total. The lowest BCUT2D eigenvalue weighted by Gasteiger charge is -2.23. The number of anilines is 2. The Kier molecular flexibility index (Phi) is 7.44. The minimum Gasteiger partial charge on any atom is -0.493 e. The maximum absolute atomic E-state index is 5.82. The van der Waals surface area contributed by atoms with Crippen LogP contribution >= 0.6 is 28.3 Å². The number of aromatic nitrogens is 2. The molecule has 8 heteroatoms. The van der Waals surface area contributed by atoms with Crippen LogP contribution in [0.2, 0.25) is 0 Å². The van der Waals surface area contributed by atoms with E-state index < -0.39 is 0 Å². The minimum absolute atomic E-state index is 0. The number of ether oxygens (including phenoxy) is 3. The van der Waals surface area contributed by atoms with E-state index in [4.69, 9.17) is 14.2 Å². The maximum Gasteiger partial charge on any atom is 0.160 e. The van der Waals surface area contributed by atoms with Gasteiger partial charge in [0.25, 0.3) is 0 Å². The molecule has 28 heavy (non-hydrogen) atoms. The first kappa shape index (κ1) is 20.8. The molecular formula is C20H21BrClN3O3. The van der Waals surface area contributed by atoms with E-state index in [2.05, 4.69) is 31.2 Å². The third kappa shape index (κ3) is 5.11. The predicted molar refractivity (Wildman–Crippen MR) is 115 cm³/mol. The second-order valence-electron chi connectivity index (χ2n) is 6.17. The van der Waals surface area contributed by atoms with Crippen LogP contribution in [0, 0.1) is 0 Å². The molecule has 0 atom stereocenters. The molecule has 148 valence electrons. The van der Waals surface area contributed by atoms with Gasteiger partial charge in [-0.25, -0.2) is 9.97 Å². The van der Waals surface area contributed by atoms with Crippen LogP contribution in [0.3, 0.4) is 0 Å². The molecule has 1 saturated heterocycles. The molecule has 2 heterocycles. The Morgan fingerprint density at radius 2 is 1.93 bits per heavy atom. The number of nitrogens with one attached hydrogen (secondary N) is 1. The van der Waals surface area contributed by atoms with Crippen molar-refractivity contribution in [3.8, 4) is 5.75 Å².